The molecule has 4 aliphatic rings. The summed E-state index contributed by atoms with van der Waals surface area (Å²) in [6, 6.07) is 10.4. The molecule has 2 unspecified atom stereocenters. The molecule has 0 aromatic heterocycles. The maximum absolute atomic E-state index is 11.6. The minimum absolute atomic E-state index is 0.0640. The largest absolute Gasteiger partial charge is 0.297 e. The van der Waals surface area contributed by atoms with Crippen LogP contribution in [0.3, 0.4) is 0 Å². The molecule has 142 valence electrons. The zero-order valence-electron chi connectivity index (χ0n) is 16.2. The van der Waals surface area contributed by atoms with E-state index in [1.165, 1.54) is 39.2 Å². The van der Waals surface area contributed by atoms with E-state index in [2.05, 4.69) is 50.3 Å². The van der Waals surface area contributed by atoms with Crippen molar-refractivity contribution in [3.8, 4) is 0 Å². The Morgan fingerprint density at radius 3 is 2.21 bits per heavy atom. The zero-order chi connectivity index (χ0) is 19.4. The number of nitrogens with zero attached hydrogens (tertiary/aromatic N) is 1. The van der Waals surface area contributed by atoms with Gasteiger partial charge in [-0.25, -0.2) is 0 Å². The summed E-state index contributed by atoms with van der Waals surface area (Å²) in [6.07, 6.45) is 11.1. The smallest absolute Gasteiger partial charge is 0.156 e. The number of thioether (sulfide) groups is 2. The van der Waals surface area contributed by atoms with Crippen molar-refractivity contribution in [1.82, 2.24) is 0 Å². The lowest BCUT2D eigenvalue weighted by Crippen LogP contribution is -2.47. The van der Waals surface area contributed by atoms with Gasteiger partial charge in [-0.15, -0.1) is 23.5 Å². The van der Waals surface area contributed by atoms with E-state index in [1.54, 1.807) is 11.8 Å². The van der Waals surface area contributed by atoms with E-state index in [0.29, 0.717) is 6.54 Å². The lowest BCUT2D eigenvalue weighted by atomic mass is 9.72. The first-order chi connectivity index (χ1) is 13.5. The van der Waals surface area contributed by atoms with Gasteiger partial charge in [0.1, 0.15) is 0 Å². The molecule has 0 amide bonds. The number of aldehydes is 1. The molecule has 2 aliphatic heterocycles. The molecule has 28 heavy (non-hydrogen) atoms. The monoisotopic (exact) mass is 405 g/mol. The van der Waals surface area contributed by atoms with Gasteiger partial charge < -0.3 is 0 Å². The molecule has 0 N–H and O–H groups in total. The Morgan fingerprint density at radius 2 is 1.57 bits per heavy atom. The van der Waals surface area contributed by atoms with E-state index in [1.807, 2.05) is 24.0 Å². The maximum Gasteiger partial charge on any atom is 0.156 e. The summed E-state index contributed by atoms with van der Waals surface area (Å²) in [5.74, 6) is 0. The fourth-order valence-electron chi connectivity index (χ4n) is 4.94. The molecular weight excluding hydrogens is 382 g/mol. The van der Waals surface area contributed by atoms with Crippen molar-refractivity contribution in [1.29, 1.82) is 0 Å². The summed E-state index contributed by atoms with van der Waals surface area (Å²) in [5.41, 5.74) is 7.11. The van der Waals surface area contributed by atoms with Crippen molar-refractivity contribution in [3.05, 3.63) is 80.2 Å². The van der Waals surface area contributed by atoms with Gasteiger partial charge in [-0.3, -0.25) is 9.79 Å². The van der Waals surface area contributed by atoms with Gasteiger partial charge in [-0.05, 0) is 73.1 Å². The quantitative estimate of drug-likeness (QED) is 0.453. The highest BCUT2D eigenvalue weighted by molar-refractivity contribution is 8.09. The Hall–Kier alpha value is -1.78. The molecule has 0 bridgehead atoms. The second-order valence-electron chi connectivity index (χ2n) is 8.08. The number of benzene rings is 1. The molecule has 4 heteroatoms. The predicted molar refractivity (Wildman–Crippen MR) is 121 cm³/mol. The maximum atomic E-state index is 11.6. The van der Waals surface area contributed by atoms with Gasteiger partial charge in [-0.1, -0.05) is 30.3 Å². The Balaban J connectivity index is 1.50. The summed E-state index contributed by atoms with van der Waals surface area (Å²) in [4.78, 5) is 18.4. The van der Waals surface area contributed by atoms with E-state index in [9.17, 15) is 4.79 Å². The van der Waals surface area contributed by atoms with Crippen LogP contribution < -0.4 is 0 Å². The molecule has 2 nitrogen and oxygen atoms in total. The predicted octanol–water partition coefficient (Wildman–Crippen LogP) is 6.03. The summed E-state index contributed by atoms with van der Waals surface area (Å²) in [6.45, 7) is 5.39. The molecule has 1 aromatic rings. The van der Waals surface area contributed by atoms with Crippen LogP contribution in [0.4, 0.5) is 0 Å². The zero-order valence-corrected chi connectivity index (χ0v) is 17.8. The van der Waals surface area contributed by atoms with Gasteiger partial charge in [0.2, 0.25) is 0 Å². The third kappa shape index (κ3) is 2.57. The van der Waals surface area contributed by atoms with Gasteiger partial charge in [0.25, 0.3) is 0 Å². The van der Waals surface area contributed by atoms with E-state index in [0.717, 1.165) is 24.0 Å². The van der Waals surface area contributed by atoms with Crippen molar-refractivity contribution in [3.63, 3.8) is 0 Å². The highest BCUT2D eigenvalue weighted by Crippen LogP contribution is 2.67. The molecule has 0 radical (unpaired) electrons. The van der Waals surface area contributed by atoms with Crippen LogP contribution in [0.15, 0.2) is 79.6 Å². The summed E-state index contributed by atoms with van der Waals surface area (Å²) < 4.78 is -0.163. The van der Waals surface area contributed by atoms with Crippen LogP contribution in [-0.2, 0) is 11.3 Å². The van der Waals surface area contributed by atoms with Crippen LogP contribution in [0.2, 0.25) is 0 Å². The third-order valence-electron chi connectivity index (χ3n) is 6.47. The fraction of sp³-hybridized carbons (Fsp3) is 0.333. The lowest BCUT2D eigenvalue weighted by molar-refractivity contribution is -0.104. The summed E-state index contributed by atoms with van der Waals surface area (Å²) in [5, 5.41) is 0. The fourth-order valence-corrected chi connectivity index (χ4v) is 7.86. The van der Waals surface area contributed by atoms with Gasteiger partial charge in [0.15, 0.2) is 6.29 Å². The molecule has 1 fully saturated rings. The van der Waals surface area contributed by atoms with Crippen LogP contribution in [0.1, 0.15) is 38.7 Å². The second-order valence-corrected chi connectivity index (χ2v) is 11.1. The molecule has 2 heterocycles. The Bertz CT molecular complexity index is 1010. The van der Waals surface area contributed by atoms with Gasteiger partial charge in [0, 0.05) is 16.0 Å². The summed E-state index contributed by atoms with van der Waals surface area (Å²) in [7, 11) is 0. The van der Waals surface area contributed by atoms with Crippen LogP contribution in [0.25, 0.3) is 0 Å². The van der Waals surface area contributed by atoms with Gasteiger partial charge in [0.05, 0.1) is 16.0 Å². The van der Waals surface area contributed by atoms with Crippen molar-refractivity contribution in [2.45, 2.75) is 49.1 Å². The van der Waals surface area contributed by atoms with Gasteiger partial charge in [-0.2, -0.15) is 0 Å². The molecule has 2 atom stereocenters. The average Bonchev–Trinajstić information content (AvgIpc) is 3.38. The Labute approximate surface area is 175 Å². The Morgan fingerprint density at radius 1 is 0.964 bits per heavy atom. The molecular formula is C24H23NOS2. The van der Waals surface area contributed by atoms with Gasteiger partial charge >= 0.3 is 0 Å². The van der Waals surface area contributed by atoms with E-state index < -0.39 is 0 Å². The van der Waals surface area contributed by atoms with Crippen LogP contribution >= 0.6 is 23.5 Å². The molecule has 2 aliphatic carbocycles. The van der Waals surface area contributed by atoms with E-state index in [4.69, 9.17) is 4.99 Å². The number of hydrogen-bond donors (Lipinski definition) is 0. The average molecular weight is 406 g/mol. The minimum atomic E-state index is -0.0993. The van der Waals surface area contributed by atoms with Crippen LogP contribution in [-0.4, -0.2) is 22.0 Å². The molecule has 1 aromatic carbocycles. The standard InChI is InChI=1S/C24H23NOS2/c1-23-21(11-17(27-23)14-25-13-16-7-4-3-5-8-16)19-9-6-10-20(19)22-12-18(15-26)28-24(22,23)2/h3-5,7-8,11-12,14-15H,6,9-10,13H2,1-2H3. The topological polar surface area (TPSA) is 29.4 Å². The lowest BCUT2D eigenvalue weighted by Gasteiger charge is -2.46. The highest BCUT2D eigenvalue weighted by atomic mass is 32.2. The van der Waals surface area contributed by atoms with Crippen LogP contribution in [0.5, 0.6) is 0 Å². The minimum Gasteiger partial charge on any atom is -0.297 e. The number of aliphatic imine (C=N–C) groups is 1. The number of carbonyl (C=O) groups excluding carboxylic acids is 1. The molecule has 0 spiro atoms. The normalized spacial score (nSPS) is 31.1. The summed E-state index contributed by atoms with van der Waals surface area (Å²) >= 11 is 3.66. The third-order valence-corrected chi connectivity index (χ3v) is 9.59. The Kier molecular flexibility index (Phi) is 4.33. The van der Waals surface area contributed by atoms with Crippen LogP contribution in [0, 0.1) is 0 Å². The molecule has 0 saturated heterocycles. The second kappa shape index (κ2) is 6.64. The number of rotatable bonds is 4. The van der Waals surface area contributed by atoms with Crippen molar-refractivity contribution in [2.75, 3.05) is 0 Å². The number of carbonyl (C=O) groups is 1. The number of hydrogen-bond acceptors (Lipinski definition) is 4. The van der Waals surface area contributed by atoms with Crippen molar-refractivity contribution < 1.29 is 4.79 Å². The number of fused-ring (bicyclic) bond motifs is 4. The van der Waals surface area contributed by atoms with Crippen molar-refractivity contribution >= 4 is 36.0 Å². The first-order valence-corrected chi connectivity index (χ1v) is 11.5. The van der Waals surface area contributed by atoms with E-state index >= 15 is 0 Å². The number of allylic oxidation sites excluding steroid dienone is 6. The van der Waals surface area contributed by atoms with E-state index in [-0.39, 0.29) is 9.49 Å². The first-order valence-electron chi connectivity index (χ1n) is 9.83. The molecule has 1 saturated carbocycles. The SMILES string of the molecule is CC12SC(C=O)=CC1=C1CCCC1=C1C=C(C=NCc3ccccc3)SC12C. The highest BCUT2D eigenvalue weighted by Gasteiger charge is 2.59. The molecule has 5 rings (SSSR count). The first kappa shape index (κ1) is 18.3. The van der Waals surface area contributed by atoms with Crippen molar-refractivity contribution in [2.24, 2.45) is 4.99 Å².